The van der Waals surface area contributed by atoms with Gasteiger partial charge in [0.25, 0.3) is 0 Å². The van der Waals surface area contributed by atoms with Crippen molar-refractivity contribution in [2.45, 2.75) is 79.1 Å². The third-order valence-corrected chi connectivity index (χ3v) is 6.30. The van der Waals surface area contributed by atoms with Crippen LogP contribution in [0.3, 0.4) is 0 Å². The number of hydrogen-bond donors (Lipinski definition) is 0. The van der Waals surface area contributed by atoms with Gasteiger partial charge < -0.3 is 9.80 Å². The predicted octanol–water partition coefficient (Wildman–Crippen LogP) is 7.46. The molecule has 1 aliphatic heterocycles. The molecule has 0 N–H and O–H groups in total. The maximum Gasteiger partial charge on any atom is 0.0904 e. The fourth-order valence-corrected chi connectivity index (χ4v) is 4.71. The summed E-state index contributed by atoms with van der Waals surface area (Å²) in [6.07, 6.45) is 0. The Bertz CT molecular complexity index is 710. The highest BCUT2D eigenvalue weighted by Gasteiger charge is 2.29. The molecule has 3 rings (SSSR count). The van der Waals surface area contributed by atoms with E-state index in [-0.39, 0.29) is 0 Å². The van der Waals surface area contributed by atoms with E-state index in [4.69, 9.17) is 0 Å². The molecule has 0 unspecified atom stereocenters. The second kappa shape index (κ2) is 8.81. The lowest BCUT2D eigenvalue weighted by Crippen LogP contribution is -2.28. The lowest BCUT2D eigenvalue weighted by Gasteiger charge is -2.31. The molecular formula is C27H40N2. The third-order valence-electron chi connectivity index (χ3n) is 6.30. The molecule has 0 amide bonds. The Kier molecular flexibility index (Phi) is 6.61. The van der Waals surface area contributed by atoms with Gasteiger partial charge in [0.15, 0.2) is 0 Å². The van der Waals surface area contributed by atoms with Crippen LogP contribution in [0, 0.1) is 0 Å². The maximum absolute atomic E-state index is 2.63. The molecule has 29 heavy (non-hydrogen) atoms. The number of hydrogen-bond acceptors (Lipinski definition) is 2. The van der Waals surface area contributed by atoms with Gasteiger partial charge >= 0.3 is 0 Å². The minimum absolute atomic E-state index is 0.534. The van der Waals surface area contributed by atoms with E-state index >= 15 is 0 Å². The molecule has 0 radical (unpaired) electrons. The van der Waals surface area contributed by atoms with Crippen molar-refractivity contribution in [1.29, 1.82) is 0 Å². The highest BCUT2D eigenvalue weighted by Crippen LogP contribution is 2.40. The molecule has 1 aliphatic rings. The van der Waals surface area contributed by atoms with Crippen LogP contribution >= 0.6 is 0 Å². The molecule has 0 atom stereocenters. The van der Waals surface area contributed by atoms with Gasteiger partial charge in [-0.3, -0.25) is 0 Å². The number of rotatable bonds is 6. The van der Waals surface area contributed by atoms with Crippen LogP contribution in [0.5, 0.6) is 0 Å². The first-order valence-corrected chi connectivity index (χ1v) is 11.5. The molecule has 1 heterocycles. The van der Waals surface area contributed by atoms with Crippen molar-refractivity contribution in [1.82, 2.24) is 0 Å². The highest BCUT2D eigenvalue weighted by atomic mass is 15.4. The fourth-order valence-electron chi connectivity index (χ4n) is 4.71. The fraction of sp³-hybridized carbons (Fsp3) is 0.556. The Labute approximate surface area is 178 Å². The van der Waals surface area contributed by atoms with Crippen LogP contribution in [0.4, 0.5) is 11.4 Å². The number of para-hydroxylation sites is 2. The van der Waals surface area contributed by atoms with Crippen LogP contribution in [0.1, 0.15) is 101 Å². The van der Waals surface area contributed by atoms with Crippen molar-refractivity contribution in [3.63, 3.8) is 0 Å². The van der Waals surface area contributed by atoms with Crippen molar-refractivity contribution in [2.75, 3.05) is 29.6 Å². The van der Waals surface area contributed by atoms with E-state index in [9.17, 15) is 0 Å². The summed E-state index contributed by atoms with van der Waals surface area (Å²) in [5.41, 5.74) is 8.90. The first-order chi connectivity index (χ1) is 13.7. The van der Waals surface area contributed by atoms with Crippen LogP contribution in [-0.2, 0) is 0 Å². The Morgan fingerprint density at radius 1 is 0.517 bits per heavy atom. The van der Waals surface area contributed by atoms with Gasteiger partial charge in [0, 0.05) is 24.5 Å². The van der Waals surface area contributed by atoms with Crippen molar-refractivity contribution >= 4 is 11.4 Å². The quantitative estimate of drug-likeness (QED) is 0.503. The summed E-state index contributed by atoms with van der Waals surface area (Å²) in [6, 6.07) is 13.8. The highest BCUT2D eigenvalue weighted by molar-refractivity contribution is 5.68. The second-order valence-corrected chi connectivity index (χ2v) is 9.86. The van der Waals surface area contributed by atoms with Crippen molar-refractivity contribution in [3.05, 3.63) is 58.7 Å². The summed E-state index contributed by atoms with van der Waals surface area (Å²) in [7, 11) is 0. The molecule has 0 saturated carbocycles. The van der Waals surface area contributed by atoms with E-state index in [0.29, 0.717) is 23.7 Å². The summed E-state index contributed by atoms with van der Waals surface area (Å²) in [4.78, 5) is 5.26. The number of benzene rings is 2. The Balaban J connectivity index is 2.03. The molecule has 158 valence electrons. The molecular weight excluding hydrogens is 352 g/mol. The van der Waals surface area contributed by atoms with Gasteiger partial charge in [0.05, 0.1) is 6.67 Å². The zero-order valence-electron chi connectivity index (χ0n) is 19.8. The molecule has 1 saturated heterocycles. The molecule has 2 aromatic carbocycles. The lowest BCUT2D eigenvalue weighted by atomic mass is 9.92. The minimum Gasteiger partial charge on any atom is -0.352 e. The first kappa shape index (κ1) is 21.7. The smallest absolute Gasteiger partial charge is 0.0904 e. The topological polar surface area (TPSA) is 6.48 Å². The monoisotopic (exact) mass is 392 g/mol. The van der Waals surface area contributed by atoms with E-state index in [0.717, 1.165) is 19.8 Å². The largest absolute Gasteiger partial charge is 0.352 e. The van der Waals surface area contributed by atoms with Crippen LogP contribution in [-0.4, -0.2) is 19.8 Å². The van der Waals surface area contributed by atoms with Gasteiger partial charge in [0.2, 0.25) is 0 Å². The van der Waals surface area contributed by atoms with Crippen LogP contribution in [0.25, 0.3) is 0 Å². The SMILES string of the molecule is CC(C)c1cccc(C(C)C)c1N1CCN(c2c(C(C)C)cccc2C(C)C)C1. The zero-order valence-corrected chi connectivity index (χ0v) is 19.8. The zero-order chi connectivity index (χ0) is 21.3. The molecule has 2 heteroatoms. The summed E-state index contributed by atoms with van der Waals surface area (Å²) in [5.74, 6) is 2.14. The van der Waals surface area contributed by atoms with Crippen molar-refractivity contribution in [3.8, 4) is 0 Å². The number of anilines is 2. The summed E-state index contributed by atoms with van der Waals surface area (Å²) < 4.78 is 0. The van der Waals surface area contributed by atoms with Gasteiger partial charge in [-0.1, -0.05) is 91.8 Å². The van der Waals surface area contributed by atoms with Crippen LogP contribution < -0.4 is 9.80 Å². The maximum atomic E-state index is 2.63. The average Bonchev–Trinajstić information content (AvgIpc) is 3.15. The van der Waals surface area contributed by atoms with Crippen LogP contribution in [0.15, 0.2) is 36.4 Å². The molecule has 0 aromatic heterocycles. The molecule has 1 fully saturated rings. The lowest BCUT2D eigenvalue weighted by molar-refractivity contribution is 0.797. The van der Waals surface area contributed by atoms with E-state index in [1.807, 2.05) is 0 Å². The predicted molar refractivity (Wildman–Crippen MR) is 129 cm³/mol. The van der Waals surface area contributed by atoms with Gasteiger partial charge in [-0.2, -0.15) is 0 Å². The molecule has 2 nitrogen and oxygen atoms in total. The molecule has 0 spiro atoms. The second-order valence-electron chi connectivity index (χ2n) is 9.86. The first-order valence-electron chi connectivity index (χ1n) is 11.5. The van der Waals surface area contributed by atoms with Gasteiger partial charge in [-0.15, -0.1) is 0 Å². The minimum atomic E-state index is 0.534. The van der Waals surface area contributed by atoms with E-state index in [1.165, 1.54) is 33.6 Å². The molecule has 0 bridgehead atoms. The summed E-state index contributed by atoms with van der Waals surface area (Å²) in [5, 5.41) is 0. The summed E-state index contributed by atoms with van der Waals surface area (Å²) in [6.45, 7) is 21.7. The van der Waals surface area contributed by atoms with E-state index < -0.39 is 0 Å². The molecule has 0 aliphatic carbocycles. The number of nitrogens with zero attached hydrogens (tertiary/aromatic N) is 2. The Hall–Kier alpha value is -1.96. The molecule has 2 aromatic rings. The average molecular weight is 393 g/mol. The van der Waals surface area contributed by atoms with Gasteiger partial charge in [-0.05, 0) is 45.9 Å². The van der Waals surface area contributed by atoms with Crippen LogP contribution in [0.2, 0.25) is 0 Å². The van der Waals surface area contributed by atoms with Gasteiger partial charge in [-0.25, -0.2) is 0 Å². The van der Waals surface area contributed by atoms with Crippen molar-refractivity contribution in [2.24, 2.45) is 0 Å². The van der Waals surface area contributed by atoms with E-state index in [2.05, 4.69) is 102 Å². The standard InChI is InChI=1S/C27H40N2/c1-18(2)22-11-9-12-23(19(3)4)26(22)28-15-16-29(17-28)27-24(20(5)6)13-10-14-25(27)21(7)8/h9-14,18-21H,15-17H2,1-8H3. The Morgan fingerprint density at radius 2 is 0.793 bits per heavy atom. The van der Waals surface area contributed by atoms with E-state index in [1.54, 1.807) is 0 Å². The normalized spacial score (nSPS) is 14.9. The third kappa shape index (κ3) is 4.32. The summed E-state index contributed by atoms with van der Waals surface area (Å²) >= 11 is 0. The Morgan fingerprint density at radius 3 is 1.03 bits per heavy atom. The van der Waals surface area contributed by atoms with Gasteiger partial charge in [0.1, 0.15) is 0 Å². The van der Waals surface area contributed by atoms with Crippen molar-refractivity contribution < 1.29 is 0 Å².